The highest BCUT2D eigenvalue weighted by atomic mass is 32.1. The molecule has 2 aliphatic rings. The molecule has 1 saturated carbocycles. The Morgan fingerprint density at radius 2 is 1.86 bits per heavy atom. The summed E-state index contributed by atoms with van der Waals surface area (Å²) in [4.78, 5) is 13.6. The average molecular weight is 395 g/mol. The van der Waals surface area contributed by atoms with E-state index in [0.29, 0.717) is 22.2 Å². The average Bonchev–Trinajstić information content (AvgIpc) is 3.10. The fraction of sp³-hybridized carbons (Fsp3) is 0.478. The molecule has 0 aliphatic heterocycles. The van der Waals surface area contributed by atoms with Crippen molar-refractivity contribution >= 4 is 22.2 Å². The van der Waals surface area contributed by atoms with E-state index in [4.69, 9.17) is 4.74 Å². The Balaban J connectivity index is 1.33. The van der Waals surface area contributed by atoms with Crippen LogP contribution in [-0.4, -0.2) is 12.5 Å². The molecule has 0 unspecified atom stereocenters. The van der Waals surface area contributed by atoms with Gasteiger partial charge in [0.05, 0.1) is 5.56 Å². The van der Waals surface area contributed by atoms with Gasteiger partial charge in [0, 0.05) is 4.88 Å². The van der Waals surface area contributed by atoms with Gasteiger partial charge in [0.2, 0.25) is 0 Å². The van der Waals surface area contributed by atoms with Crippen molar-refractivity contribution in [1.29, 1.82) is 5.26 Å². The highest BCUT2D eigenvalue weighted by molar-refractivity contribution is 7.16. The summed E-state index contributed by atoms with van der Waals surface area (Å²) < 4.78 is 5.67. The lowest BCUT2D eigenvalue weighted by Crippen LogP contribution is -2.20. The number of thiophene rings is 1. The summed E-state index contributed by atoms with van der Waals surface area (Å²) in [7, 11) is 0. The van der Waals surface area contributed by atoms with Crippen LogP contribution in [0.15, 0.2) is 24.3 Å². The third-order valence-corrected chi connectivity index (χ3v) is 7.07. The third kappa shape index (κ3) is 4.23. The summed E-state index contributed by atoms with van der Waals surface area (Å²) in [5, 5.41) is 13.1. The number of nitriles is 1. The predicted molar refractivity (Wildman–Crippen MR) is 112 cm³/mol. The smallest absolute Gasteiger partial charge is 0.262 e. The van der Waals surface area contributed by atoms with Gasteiger partial charge in [-0.1, -0.05) is 31.4 Å². The van der Waals surface area contributed by atoms with E-state index in [9.17, 15) is 10.1 Å². The van der Waals surface area contributed by atoms with E-state index < -0.39 is 0 Å². The van der Waals surface area contributed by atoms with E-state index in [0.717, 1.165) is 31.2 Å². The van der Waals surface area contributed by atoms with Gasteiger partial charge in [-0.15, -0.1) is 11.3 Å². The largest absolute Gasteiger partial charge is 0.484 e. The van der Waals surface area contributed by atoms with Crippen LogP contribution in [0.3, 0.4) is 0 Å². The maximum atomic E-state index is 12.3. The Morgan fingerprint density at radius 1 is 1.11 bits per heavy atom. The van der Waals surface area contributed by atoms with E-state index in [1.807, 2.05) is 12.1 Å². The molecule has 2 aliphatic carbocycles. The van der Waals surface area contributed by atoms with Crippen LogP contribution in [0.2, 0.25) is 0 Å². The van der Waals surface area contributed by atoms with E-state index in [2.05, 4.69) is 23.5 Å². The topological polar surface area (TPSA) is 62.1 Å². The van der Waals surface area contributed by atoms with Gasteiger partial charge in [-0.3, -0.25) is 4.79 Å². The van der Waals surface area contributed by atoms with Gasteiger partial charge < -0.3 is 10.1 Å². The number of fused-ring (bicyclic) bond motifs is 1. The lowest BCUT2D eigenvalue weighted by molar-refractivity contribution is -0.118. The molecule has 0 spiro atoms. The number of hydrogen-bond donors (Lipinski definition) is 1. The van der Waals surface area contributed by atoms with Crippen molar-refractivity contribution < 1.29 is 9.53 Å². The SMILES string of the molecule is N#Cc1c(NC(=O)COc2ccc(C3CCCCC3)cc2)sc2c1CCCC2. The monoisotopic (exact) mass is 394 g/mol. The van der Waals surface area contributed by atoms with E-state index >= 15 is 0 Å². The fourth-order valence-electron chi connectivity index (χ4n) is 4.36. The van der Waals surface area contributed by atoms with E-state index in [1.54, 1.807) is 11.3 Å². The minimum Gasteiger partial charge on any atom is -0.484 e. The lowest BCUT2D eigenvalue weighted by atomic mass is 9.84. The second-order valence-corrected chi connectivity index (χ2v) is 8.87. The third-order valence-electron chi connectivity index (χ3n) is 5.86. The van der Waals surface area contributed by atoms with Gasteiger partial charge in [0.1, 0.15) is 16.8 Å². The first-order valence-electron chi connectivity index (χ1n) is 10.3. The molecule has 4 nitrogen and oxygen atoms in total. The zero-order valence-electron chi connectivity index (χ0n) is 16.1. The van der Waals surface area contributed by atoms with Crippen LogP contribution in [-0.2, 0) is 17.6 Å². The zero-order valence-corrected chi connectivity index (χ0v) is 16.9. The van der Waals surface area contributed by atoms with Gasteiger partial charge in [0.15, 0.2) is 6.61 Å². The predicted octanol–water partition coefficient (Wildman–Crippen LogP) is 5.56. The van der Waals surface area contributed by atoms with Crippen molar-refractivity contribution in [2.45, 2.75) is 63.7 Å². The summed E-state index contributed by atoms with van der Waals surface area (Å²) >= 11 is 1.54. The minimum absolute atomic E-state index is 0.0454. The van der Waals surface area contributed by atoms with Gasteiger partial charge in [-0.2, -0.15) is 5.26 Å². The van der Waals surface area contributed by atoms with Crippen molar-refractivity contribution in [2.24, 2.45) is 0 Å². The Hall–Kier alpha value is -2.32. The van der Waals surface area contributed by atoms with Crippen molar-refractivity contribution in [3.8, 4) is 11.8 Å². The summed E-state index contributed by atoms with van der Waals surface area (Å²) in [6, 6.07) is 10.5. The molecule has 0 saturated heterocycles. The Morgan fingerprint density at radius 3 is 2.61 bits per heavy atom. The first-order chi connectivity index (χ1) is 13.7. The van der Waals surface area contributed by atoms with Crippen molar-refractivity contribution in [3.05, 3.63) is 45.8 Å². The van der Waals surface area contributed by atoms with Gasteiger partial charge in [-0.25, -0.2) is 0 Å². The zero-order chi connectivity index (χ0) is 19.3. The lowest BCUT2D eigenvalue weighted by Gasteiger charge is -2.22. The molecule has 5 heteroatoms. The number of ether oxygens (including phenoxy) is 1. The molecule has 2 aromatic rings. The molecule has 1 aromatic carbocycles. The molecule has 0 atom stereocenters. The molecule has 0 bridgehead atoms. The maximum Gasteiger partial charge on any atom is 0.262 e. The molecule has 146 valence electrons. The highest BCUT2D eigenvalue weighted by Gasteiger charge is 2.22. The molecule has 1 amide bonds. The number of aryl methyl sites for hydroxylation is 1. The summed E-state index contributed by atoms with van der Waals surface area (Å²) in [5.41, 5.74) is 3.15. The number of anilines is 1. The number of amides is 1. The Labute approximate surface area is 170 Å². The van der Waals surface area contributed by atoms with Crippen molar-refractivity contribution in [1.82, 2.24) is 0 Å². The molecule has 1 N–H and O–H groups in total. The first-order valence-corrected chi connectivity index (χ1v) is 11.1. The molecule has 0 radical (unpaired) electrons. The molecule has 4 rings (SSSR count). The van der Waals surface area contributed by atoms with Crippen LogP contribution in [0.4, 0.5) is 5.00 Å². The number of hydrogen-bond acceptors (Lipinski definition) is 4. The normalized spacial score (nSPS) is 16.8. The second-order valence-electron chi connectivity index (χ2n) is 7.77. The highest BCUT2D eigenvalue weighted by Crippen LogP contribution is 2.37. The Bertz CT molecular complexity index is 873. The number of nitrogens with zero attached hydrogens (tertiary/aromatic N) is 1. The number of nitrogens with one attached hydrogen (secondary N) is 1. The van der Waals surface area contributed by atoms with Gasteiger partial charge in [-0.05, 0) is 67.7 Å². The number of benzene rings is 1. The Kier molecular flexibility index (Phi) is 5.97. The summed E-state index contributed by atoms with van der Waals surface area (Å²) in [5.74, 6) is 1.16. The van der Waals surface area contributed by atoms with E-state index in [-0.39, 0.29) is 12.5 Å². The van der Waals surface area contributed by atoms with Crippen LogP contribution in [0.5, 0.6) is 5.75 Å². The van der Waals surface area contributed by atoms with E-state index in [1.165, 1.54) is 42.5 Å². The maximum absolute atomic E-state index is 12.3. The standard InChI is InChI=1S/C23H26N2O2S/c24-14-20-19-8-4-5-9-21(19)28-23(20)25-22(26)15-27-18-12-10-17(11-13-18)16-6-2-1-3-7-16/h10-13,16H,1-9,15H2,(H,25,26). The van der Waals surface area contributed by atoms with Crippen molar-refractivity contribution in [3.63, 3.8) is 0 Å². The van der Waals surface area contributed by atoms with Crippen molar-refractivity contribution in [2.75, 3.05) is 11.9 Å². The quantitative estimate of drug-likeness (QED) is 0.722. The number of carbonyl (C=O) groups is 1. The summed E-state index contributed by atoms with van der Waals surface area (Å²) in [6.45, 7) is -0.0454. The second kappa shape index (κ2) is 8.79. The van der Waals surface area contributed by atoms with Gasteiger partial charge >= 0.3 is 0 Å². The van der Waals surface area contributed by atoms with Crippen LogP contribution >= 0.6 is 11.3 Å². The molecule has 1 heterocycles. The number of carbonyl (C=O) groups excluding carboxylic acids is 1. The molecular formula is C23H26N2O2S. The van der Waals surface area contributed by atoms with Crippen LogP contribution in [0.1, 0.15) is 72.4 Å². The molecular weight excluding hydrogens is 368 g/mol. The van der Waals surface area contributed by atoms with Crippen LogP contribution in [0.25, 0.3) is 0 Å². The molecule has 1 aromatic heterocycles. The van der Waals surface area contributed by atoms with Crippen LogP contribution in [0, 0.1) is 11.3 Å². The molecule has 28 heavy (non-hydrogen) atoms. The number of rotatable bonds is 5. The first kappa shape index (κ1) is 19.0. The summed E-state index contributed by atoms with van der Waals surface area (Å²) in [6.07, 6.45) is 10.8. The minimum atomic E-state index is -0.216. The fourth-order valence-corrected chi connectivity index (χ4v) is 5.61. The molecule has 1 fully saturated rings. The van der Waals surface area contributed by atoms with Gasteiger partial charge in [0.25, 0.3) is 5.91 Å². The van der Waals surface area contributed by atoms with Crippen LogP contribution < -0.4 is 10.1 Å².